The van der Waals surface area contributed by atoms with E-state index in [1.54, 1.807) is 11.3 Å². The second kappa shape index (κ2) is 7.00. The van der Waals surface area contributed by atoms with Crippen LogP contribution >= 0.6 is 22.9 Å². The molecule has 0 aliphatic heterocycles. The van der Waals surface area contributed by atoms with Crippen LogP contribution in [0.25, 0.3) is 0 Å². The largest absolute Gasteiger partial charge is 0.357 e. The van der Waals surface area contributed by atoms with Gasteiger partial charge in [0, 0.05) is 29.9 Å². The molecule has 1 heterocycles. The fourth-order valence-corrected chi connectivity index (χ4v) is 2.50. The van der Waals surface area contributed by atoms with E-state index < -0.39 is 0 Å². The molecule has 0 bridgehead atoms. The maximum absolute atomic E-state index is 5.90. The predicted octanol–water partition coefficient (Wildman–Crippen LogP) is 3.30. The summed E-state index contributed by atoms with van der Waals surface area (Å²) in [5, 5.41) is 6.61. The van der Waals surface area contributed by atoms with Crippen LogP contribution in [0.5, 0.6) is 0 Å². The third kappa shape index (κ3) is 6.26. The Balaban J connectivity index is 2.49. The number of halogens is 1. The van der Waals surface area contributed by atoms with Gasteiger partial charge in [-0.25, -0.2) is 0 Å². The summed E-state index contributed by atoms with van der Waals surface area (Å²) in [5.74, 6) is 0.868. The van der Waals surface area contributed by atoms with E-state index >= 15 is 0 Å². The van der Waals surface area contributed by atoms with Gasteiger partial charge in [-0.15, -0.1) is 11.3 Å². The zero-order chi connectivity index (χ0) is 13.6. The van der Waals surface area contributed by atoms with E-state index in [1.165, 1.54) is 4.88 Å². The summed E-state index contributed by atoms with van der Waals surface area (Å²) < 4.78 is 0.841. The highest BCUT2D eigenvalue weighted by atomic mass is 35.5. The first-order valence-electron chi connectivity index (χ1n) is 6.21. The van der Waals surface area contributed by atoms with E-state index in [1.807, 2.05) is 6.07 Å². The van der Waals surface area contributed by atoms with Gasteiger partial charge >= 0.3 is 0 Å². The molecule has 0 aliphatic rings. The molecule has 1 rings (SSSR count). The monoisotopic (exact) mass is 287 g/mol. The average molecular weight is 288 g/mol. The fourth-order valence-electron chi connectivity index (χ4n) is 1.43. The molecule has 0 spiro atoms. The zero-order valence-electron chi connectivity index (χ0n) is 11.5. The number of rotatable bonds is 4. The first-order valence-corrected chi connectivity index (χ1v) is 7.41. The quantitative estimate of drug-likeness (QED) is 0.658. The fraction of sp³-hybridized carbons (Fsp3) is 0.615. The van der Waals surface area contributed by atoms with Crippen molar-refractivity contribution in [3.63, 3.8) is 0 Å². The molecule has 0 amide bonds. The minimum Gasteiger partial charge on any atom is -0.357 e. The summed E-state index contributed by atoms with van der Waals surface area (Å²) in [7, 11) is 0. The third-order valence-corrected chi connectivity index (χ3v) is 3.39. The lowest BCUT2D eigenvalue weighted by Crippen LogP contribution is -2.47. The van der Waals surface area contributed by atoms with Gasteiger partial charge in [0.25, 0.3) is 0 Å². The van der Waals surface area contributed by atoms with Crippen molar-refractivity contribution in [3.8, 4) is 0 Å². The van der Waals surface area contributed by atoms with Crippen LogP contribution in [0.15, 0.2) is 17.1 Å². The first-order chi connectivity index (χ1) is 8.40. The van der Waals surface area contributed by atoms with Gasteiger partial charge in [0.2, 0.25) is 0 Å². The molecule has 1 aromatic rings. The summed E-state index contributed by atoms with van der Waals surface area (Å²) in [5.41, 5.74) is 0.0211. The number of hydrogen-bond acceptors (Lipinski definition) is 2. The molecule has 0 saturated heterocycles. The van der Waals surface area contributed by atoms with E-state index in [9.17, 15) is 0 Å². The molecule has 0 saturated carbocycles. The Morgan fingerprint density at radius 3 is 2.61 bits per heavy atom. The Morgan fingerprint density at radius 1 is 1.39 bits per heavy atom. The summed E-state index contributed by atoms with van der Waals surface area (Å²) in [6, 6.07) is 4.00. The molecule has 0 radical (unpaired) electrons. The molecule has 102 valence electrons. The van der Waals surface area contributed by atoms with Crippen molar-refractivity contribution in [2.45, 2.75) is 39.7 Å². The van der Waals surface area contributed by atoms with Crippen LogP contribution in [0.2, 0.25) is 4.34 Å². The highest BCUT2D eigenvalue weighted by Crippen LogP contribution is 2.21. The number of nitrogens with zero attached hydrogens (tertiary/aromatic N) is 1. The van der Waals surface area contributed by atoms with Gasteiger partial charge in [-0.1, -0.05) is 11.6 Å². The van der Waals surface area contributed by atoms with Gasteiger partial charge in [-0.2, -0.15) is 0 Å². The van der Waals surface area contributed by atoms with E-state index in [-0.39, 0.29) is 5.54 Å². The maximum atomic E-state index is 5.90. The van der Waals surface area contributed by atoms with Gasteiger partial charge in [0.1, 0.15) is 0 Å². The Morgan fingerprint density at radius 2 is 2.11 bits per heavy atom. The van der Waals surface area contributed by atoms with E-state index in [0.717, 1.165) is 29.8 Å². The van der Waals surface area contributed by atoms with Crippen LogP contribution in [-0.2, 0) is 6.42 Å². The standard InChI is InChI=1S/C13H22ClN3S/c1-5-15-12(17-13(2,3)4)16-9-8-10-6-7-11(14)18-10/h6-7H,5,8-9H2,1-4H3,(H2,15,16,17). The minimum absolute atomic E-state index is 0.0211. The van der Waals surface area contributed by atoms with E-state index in [4.69, 9.17) is 11.6 Å². The van der Waals surface area contributed by atoms with Crippen molar-refractivity contribution >= 4 is 28.9 Å². The second-order valence-corrected chi connectivity index (χ2v) is 6.89. The highest BCUT2D eigenvalue weighted by Gasteiger charge is 2.11. The molecule has 0 fully saturated rings. The topological polar surface area (TPSA) is 36.4 Å². The molecule has 0 unspecified atom stereocenters. The van der Waals surface area contributed by atoms with Crippen molar-refractivity contribution < 1.29 is 0 Å². The normalized spacial score (nSPS) is 12.6. The van der Waals surface area contributed by atoms with Gasteiger partial charge in [0.15, 0.2) is 5.96 Å². The number of guanidine groups is 1. The smallest absolute Gasteiger partial charge is 0.191 e. The minimum atomic E-state index is 0.0211. The van der Waals surface area contributed by atoms with E-state index in [2.05, 4.69) is 49.4 Å². The SMILES string of the molecule is CCNC(=NCCc1ccc(Cl)s1)NC(C)(C)C. The second-order valence-electron chi connectivity index (χ2n) is 5.09. The lowest BCUT2D eigenvalue weighted by molar-refractivity contribution is 0.501. The van der Waals surface area contributed by atoms with Crippen molar-refractivity contribution in [1.82, 2.24) is 10.6 Å². The average Bonchev–Trinajstić information content (AvgIpc) is 2.62. The van der Waals surface area contributed by atoms with Crippen LogP contribution in [0.3, 0.4) is 0 Å². The van der Waals surface area contributed by atoms with Crippen molar-refractivity contribution in [3.05, 3.63) is 21.3 Å². The molecule has 0 atom stereocenters. The highest BCUT2D eigenvalue weighted by molar-refractivity contribution is 7.16. The number of aliphatic imine (C=N–C) groups is 1. The van der Waals surface area contributed by atoms with Crippen molar-refractivity contribution in [1.29, 1.82) is 0 Å². The summed E-state index contributed by atoms with van der Waals surface area (Å²) in [6.45, 7) is 10.1. The number of thiophene rings is 1. The van der Waals surface area contributed by atoms with Crippen molar-refractivity contribution in [2.24, 2.45) is 4.99 Å². The van der Waals surface area contributed by atoms with Crippen LogP contribution in [0, 0.1) is 0 Å². The molecule has 0 aromatic carbocycles. The number of nitrogens with one attached hydrogen (secondary N) is 2. The molecule has 18 heavy (non-hydrogen) atoms. The predicted molar refractivity (Wildman–Crippen MR) is 81.9 cm³/mol. The molecular weight excluding hydrogens is 266 g/mol. The Labute approximate surface area is 119 Å². The Hall–Kier alpha value is -0.740. The lowest BCUT2D eigenvalue weighted by atomic mass is 10.1. The Bertz CT molecular complexity index is 393. The Kier molecular flexibility index (Phi) is 5.96. The summed E-state index contributed by atoms with van der Waals surface area (Å²) >= 11 is 7.52. The zero-order valence-corrected chi connectivity index (χ0v) is 13.1. The summed E-state index contributed by atoms with van der Waals surface area (Å²) in [4.78, 5) is 5.83. The molecule has 5 heteroatoms. The van der Waals surface area contributed by atoms with Gasteiger partial charge < -0.3 is 10.6 Å². The van der Waals surface area contributed by atoms with Gasteiger partial charge in [-0.05, 0) is 39.8 Å². The third-order valence-electron chi connectivity index (χ3n) is 2.09. The van der Waals surface area contributed by atoms with E-state index in [0.29, 0.717) is 0 Å². The van der Waals surface area contributed by atoms with Crippen LogP contribution < -0.4 is 10.6 Å². The van der Waals surface area contributed by atoms with Gasteiger partial charge in [0.05, 0.1) is 4.34 Å². The molecule has 3 nitrogen and oxygen atoms in total. The molecular formula is C13H22ClN3S. The summed E-state index contributed by atoms with van der Waals surface area (Å²) in [6.07, 6.45) is 0.929. The van der Waals surface area contributed by atoms with Crippen LogP contribution in [0.4, 0.5) is 0 Å². The molecule has 2 N–H and O–H groups in total. The molecule has 0 aliphatic carbocycles. The molecule has 1 aromatic heterocycles. The maximum Gasteiger partial charge on any atom is 0.191 e. The first kappa shape index (κ1) is 15.3. The van der Waals surface area contributed by atoms with Crippen LogP contribution in [-0.4, -0.2) is 24.6 Å². The van der Waals surface area contributed by atoms with Crippen LogP contribution in [0.1, 0.15) is 32.6 Å². The van der Waals surface area contributed by atoms with Gasteiger partial charge in [-0.3, -0.25) is 4.99 Å². The van der Waals surface area contributed by atoms with Crippen molar-refractivity contribution in [2.75, 3.05) is 13.1 Å². The number of hydrogen-bond donors (Lipinski definition) is 2. The lowest BCUT2D eigenvalue weighted by Gasteiger charge is -2.23.